The number of carbonyl (C=O) groups excluding carboxylic acids is 2. The Bertz CT molecular complexity index is 1130. The first-order valence-corrected chi connectivity index (χ1v) is 24.9. The van der Waals surface area contributed by atoms with Gasteiger partial charge in [0.15, 0.2) is 6.10 Å². The van der Waals surface area contributed by atoms with Crippen LogP contribution >= 0.6 is 7.82 Å². The minimum atomic E-state index is -4.38. The minimum absolute atomic E-state index is 0.0272. The highest BCUT2D eigenvalue weighted by Gasteiger charge is 2.27. The first-order valence-electron chi connectivity index (χ1n) is 23.4. The van der Waals surface area contributed by atoms with Gasteiger partial charge >= 0.3 is 19.8 Å². The lowest BCUT2D eigenvalue weighted by atomic mass is 10.1. The van der Waals surface area contributed by atoms with E-state index in [0.717, 1.165) is 83.5 Å². The van der Waals surface area contributed by atoms with Crippen LogP contribution in [0, 0.1) is 0 Å². The zero-order chi connectivity index (χ0) is 42.8. The molecule has 0 saturated carbocycles. The van der Waals surface area contributed by atoms with Gasteiger partial charge in [0.25, 0.3) is 0 Å². The minimum Gasteiger partial charge on any atom is -0.462 e. The van der Waals surface area contributed by atoms with Crippen LogP contribution in [0.25, 0.3) is 0 Å². The van der Waals surface area contributed by atoms with E-state index in [1.807, 2.05) is 21.1 Å². The van der Waals surface area contributed by atoms with Gasteiger partial charge in [0, 0.05) is 12.8 Å². The second kappa shape index (κ2) is 40.4. The van der Waals surface area contributed by atoms with Gasteiger partial charge in [-0.15, -0.1) is 0 Å². The molecule has 0 aromatic heterocycles. The summed E-state index contributed by atoms with van der Waals surface area (Å²) in [5.74, 6) is -0.820. The van der Waals surface area contributed by atoms with Crippen LogP contribution < -0.4 is 0 Å². The van der Waals surface area contributed by atoms with E-state index >= 15 is 0 Å². The Labute approximate surface area is 356 Å². The predicted molar refractivity (Wildman–Crippen MR) is 243 cm³/mol. The lowest BCUT2D eigenvalue weighted by Gasteiger charge is -2.24. The molecule has 9 nitrogen and oxygen atoms in total. The summed E-state index contributed by atoms with van der Waals surface area (Å²) in [6.07, 6.45) is 47.3. The first-order chi connectivity index (χ1) is 28.0. The largest absolute Gasteiger partial charge is 0.472 e. The fraction of sp³-hybridized carbons (Fsp3) is 0.792. The lowest BCUT2D eigenvalue weighted by molar-refractivity contribution is -0.870. The summed E-state index contributed by atoms with van der Waals surface area (Å²) in [7, 11) is 1.46. The molecule has 0 aliphatic heterocycles. The molecule has 0 aromatic carbocycles. The predicted octanol–water partition coefficient (Wildman–Crippen LogP) is 13.5. The van der Waals surface area contributed by atoms with Crippen molar-refractivity contribution in [2.45, 2.75) is 200 Å². The van der Waals surface area contributed by atoms with E-state index in [4.69, 9.17) is 18.5 Å². The lowest BCUT2D eigenvalue weighted by Crippen LogP contribution is -2.37. The Morgan fingerprint density at radius 2 is 0.966 bits per heavy atom. The molecular weight excluding hydrogens is 750 g/mol. The molecule has 0 aliphatic carbocycles. The number of phosphoric ester groups is 1. The number of hydrogen-bond acceptors (Lipinski definition) is 7. The summed E-state index contributed by atoms with van der Waals surface area (Å²) in [5, 5.41) is 0. The molecule has 58 heavy (non-hydrogen) atoms. The molecule has 0 heterocycles. The van der Waals surface area contributed by atoms with E-state index in [0.29, 0.717) is 17.4 Å². The van der Waals surface area contributed by atoms with Crippen molar-refractivity contribution >= 4 is 19.8 Å². The number of phosphoric acid groups is 1. The molecule has 0 aromatic rings. The van der Waals surface area contributed by atoms with Crippen molar-refractivity contribution in [3.8, 4) is 0 Å². The normalized spacial score (nSPS) is 14.0. The van der Waals surface area contributed by atoms with Crippen LogP contribution in [0.15, 0.2) is 48.6 Å². The smallest absolute Gasteiger partial charge is 0.462 e. The fourth-order valence-corrected chi connectivity index (χ4v) is 6.88. The summed E-state index contributed by atoms with van der Waals surface area (Å²) in [4.78, 5) is 35.4. The van der Waals surface area contributed by atoms with Crippen LogP contribution in [0.3, 0.4) is 0 Å². The summed E-state index contributed by atoms with van der Waals surface area (Å²) in [6.45, 7) is 4.33. The van der Waals surface area contributed by atoms with Crippen molar-refractivity contribution in [3.63, 3.8) is 0 Å². The van der Waals surface area contributed by atoms with Gasteiger partial charge in [0.2, 0.25) is 0 Å². The molecule has 0 radical (unpaired) electrons. The molecule has 0 bridgehead atoms. The number of likely N-dealkylation sites (N-methyl/N-ethyl adjacent to an activating group) is 1. The molecule has 0 aliphatic rings. The van der Waals surface area contributed by atoms with Gasteiger partial charge in [-0.3, -0.25) is 18.6 Å². The molecule has 338 valence electrons. The van der Waals surface area contributed by atoms with Crippen molar-refractivity contribution in [2.75, 3.05) is 47.5 Å². The van der Waals surface area contributed by atoms with Gasteiger partial charge in [-0.2, -0.15) is 0 Å². The second-order valence-corrected chi connectivity index (χ2v) is 18.2. The standard InChI is InChI=1S/C48H88NO8P/c1-6-8-10-12-14-16-18-20-21-22-23-24-25-26-27-29-31-33-35-37-39-41-48(51)57-46(45-56-58(52,53)55-43-42-49(3,4)5)44-54-47(50)40-38-36-34-32-30-28-19-17-15-13-11-9-7-2/h11,13,17-20,22-23,46H,6-10,12,14-16,21,24-45H2,1-5H3/p+1/b13-11-,19-17-,20-18-,23-22-. The number of esters is 2. The molecule has 0 amide bonds. The van der Waals surface area contributed by atoms with Crippen molar-refractivity contribution in [2.24, 2.45) is 0 Å². The van der Waals surface area contributed by atoms with Crippen LogP contribution in [0.2, 0.25) is 0 Å². The summed E-state index contributed by atoms with van der Waals surface area (Å²) >= 11 is 0. The first kappa shape index (κ1) is 56.0. The van der Waals surface area contributed by atoms with Crippen molar-refractivity contribution < 1.29 is 42.1 Å². The maximum Gasteiger partial charge on any atom is 0.472 e. The molecule has 2 atom stereocenters. The van der Waals surface area contributed by atoms with E-state index in [-0.39, 0.29) is 32.0 Å². The number of quaternary nitrogens is 1. The van der Waals surface area contributed by atoms with Gasteiger partial charge in [0.05, 0.1) is 27.7 Å². The van der Waals surface area contributed by atoms with Gasteiger partial charge in [-0.05, 0) is 70.6 Å². The molecule has 0 rings (SSSR count). The SMILES string of the molecule is CCC/C=C\C/C=C\CCCCCCCC(=O)OCC(COP(=O)(O)OCC[N+](C)(C)C)OC(=O)CCCCCCCCCCC/C=C\C/C=C\CCCCCCC. The van der Waals surface area contributed by atoms with E-state index in [1.54, 1.807) is 0 Å². The highest BCUT2D eigenvalue weighted by atomic mass is 31.2. The topological polar surface area (TPSA) is 108 Å². The summed E-state index contributed by atoms with van der Waals surface area (Å²) in [5.41, 5.74) is 0. The zero-order valence-electron chi connectivity index (χ0n) is 38.0. The highest BCUT2D eigenvalue weighted by molar-refractivity contribution is 7.47. The average molecular weight is 839 g/mol. The maximum atomic E-state index is 12.7. The van der Waals surface area contributed by atoms with Gasteiger partial charge < -0.3 is 18.9 Å². The molecule has 10 heteroatoms. The Morgan fingerprint density at radius 3 is 1.43 bits per heavy atom. The molecule has 0 fully saturated rings. The van der Waals surface area contributed by atoms with Crippen LogP contribution in [0.1, 0.15) is 194 Å². The number of allylic oxidation sites excluding steroid dienone is 8. The number of hydrogen-bond donors (Lipinski definition) is 1. The van der Waals surface area contributed by atoms with Crippen LogP contribution in [0.4, 0.5) is 0 Å². The maximum absolute atomic E-state index is 12.7. The van der Waals surface area contributed by atoms with Gasteiger partial charge in [-0.1, -0.05) is 159 Å². The van der Waals surface area contributed by atoms with E-state index < -0.39 is 26.5 Å². The Morgan fingerprint density at radius 1 is 0.534 bits per heavy atom. The quantitative estimate of drug-likeness (QED) is 0.0213. The third kappa shape index (κ3) is 43.5. The average Bonchev–Trinajstić information content (AvgIpc) is 3.17. The Balaban J connectivity index is 4.31. The third-order valence-electron chi connectivity index (χ3n) is 9.81. The fourth-order valence-electron chi connectivity index (χ4n) is 6.14. The van der Waals surface area contributed by atoms with Crippen molar-refractivity contribution in [1.82, 2.24) is 0 Å². The van der Waals surface area contributed by atoms with Crippen molar-refractivity contribution in [3.05, 3.63) is 48.6 Å². The number of ether oxygens (including phenoxy) is 2. The molecule has 0 spiro atoms. The molecule has 0 saturated heterocycles. The summed E-state index contributed by atoms with van der Waals surface area (Å²) < 4.78 is 34.3. The monoisotopic (exact) mass is 839 g/mol. The molecular formula is C48H89NO8P+. The van der Waals surface area contributed by atoms with Gasteiger partial charge in [-0.25, -0.2) is 4.57 Å². The zero-order valence-corrected chi connectivity index (χ0v) is 38.9. The Hall–Kier alpha value is -2.03. The molecule has 2 unspecified atom stereocenters. The number of carbonyl (C=O) groups is 2. The van der Waals surface area contributed by atoms with E-state index in [2.05, 4.69) is 62.5 Å². The van der Waals surface area contributed by atoms with E-state index in [1.165, 1.54) is 77.0 Å². The van der Waals surface area contributed by atoms with Gasteiger partial charge in [0.1, 0.15) is 19.8 Å². The highest BCUT2D eigenvalue weighted by Crippen LogP contribution is 2.43. The Kier molecular flexibility index (Phi) is 39.0. The summed E-state index contributed by atoms with van der Waals surface area (Å²) in [6, 6.07) is 0. The number of nitrogens with zero attached hydrogens (tertiary/aromatic N) is 1. The number of rotatable bonds is 42. The van der Waals surface area contributed by atoms with E-state index in [9.17, 15) is 19.0 Å². The third-order valence-corrected chi connectivity index (χ3v) is 10.8. The number of unbranched alkanes of at least 4 members (excludes halogenated alkanes) is 20. The molecule has 1 N–H and O–H groups in total. The van der Waals surface area contributed by atoms with Crippen molar-refractivity contribution in [1.29, 1.82) is 0 Å². The van der Waals surface area contributed by atoms with Crippen LogP contribution in [-0.4, -0.2) is 74.9 Å². The van der Waals surface area contributed by atoms with Crippen LogP contribution in [0.5, 0.6) is 0 Å². The second-order valence-electron chi connectivity index (χ2n) is 16.8. The van der Waals surface area contributed by atoms with Crippen LogP contribution in [-0.2, 0) is 32.7 Å².